The number of nitrogens with one attached hydrogen (secondary N) is 1. The van der Waals surface area contributed by atoms with Gasteiger partial charge >= 0.3 is 0 Å². The third-order valence-corrected chi connectivity index (χ3v) is 10.8. The molecule has 0 bridgehead atoms. The molecule has 1 spiro atoms. The van der Waals surface area contributed by atoms with E-state index in [9.17, 15) is 18.0 Å². The average molecular weight is 553 g/mol. The van der Waals surface area contributed by atoms with E-state index < -0.39 is 15.6 Å². The summed E-state index contributed by atoms with van der Waals surface area (Å²) in [6.07, 6.45) is 6.17. The van der Waals surface area contributed by atoms with E-state index in [-0.39, 0.29) is 37.5 Å². The van der Waals surface area contributed by atoms with Crippen molar-refractivity contribution in [2.75, 3.05) is 31.2 Å². The molecule has 0 aromatic heterocycles. The van der Waals surface area contributed by atoms with Crippen LogP contribution in [0.15, 0.2) is 47.4 Å². The smallest absolute Gasteiger partial charge is 0.250 e. The number of hydrogen-bond donors (Lipinski definition) is 1. The molecule has 3 fully saturated rings. The largest absolute Gasteiger partial charge is 0.352 e. The number of carbonyl (C=O) groups is 2. The molecule has 0 radical (unpaired) electrons. The Bertz CT molecular complexity index is 1310. The first-order chi connectivity index (χ1) is 18.6. The van der Waals surface area contributed by atoms with Crippen LogP contribution in [0.3, 0.4) is 0 Å². The highest BCUT2D eigenvalue weighted by atomic mass is 32.2. The first-order valence-electron chi connectivity index (χ1n) is 14.1. The molecule has 1 N–H and O–H groups in total. The number of piperidine rings is 1. The van der Waals surface area contributed by atoms with Crippen molar-refractivity contribution in [3.05, 3.63) is 59.2 Å². The lowest BCUT2D eigenvalue weighted by Crippen LogP contribution is -2.57. The zero-order chi connectivity index (χ0) is 27.8. The van der Waals surface area contributed by atoms with Gasteiger partial charge < -0.3 is 15.1 Å². The van der Waals surface area contributed by atoms with Gasteiger partial charge in [0.05, 0.1) is 11.6 Å². The maximum atomic E-state index is 14.0. The van der Waals surface area contributed by atoms with Crippen LogP contribution in [-0.2, 0) is 19.6 Å². The monoisotopic (exact) mass is 552 g/mol. The van der Waals surface area contributed by atoms with E-state index in [0.29, 0.717) is 24.4 Å². The molecule has 3 aliphatic rings. The van der Waals surface area contributed by atoms with Gasteiger partial charge in [-0.05, 0) is 69.7 Å². The van der Waals surface area contributed by atoms with Crippen molar-refractivity contribution >= 4 is 27.5 Å². The minimum Gasteiger partial charge on any atom is -0.352 e. The van der Waals surface area contributed by atoms with Crippen LogP contribution >= 0.6 is 0 Å². The number of benzene rings is 2. The number of nitrogens with zero attached hydrogens (tertiary/aromatic N) is 3. The Morgan fingerprint density at radius 1 is 0.974 bits per heavy atom. The van der Waals surface area contributed by atoms with Crippen molar-refractivity contribution in [3.63, 3.8) is 0 Å². The van der Waals surface area contributed by atoms with Crippen LogP contribution < -0.4 is 10.2 Å². The molecule has 210 valence electrons. The second kappa shape index (κ2) is 10.9. The Labute approximate surface area is 232 Å². The van der Waals surface area contributed by atoms with E-state index >= 15 is 0 Å². The van der Waals surface area contributed by atoms with Gasteiger partial charge in [0.25, 0.3) is 0 Å². The van der Waals surface area contributed by atoms with Crippen LogP contribution in [-0.4, -0.2) is 67.3 Å². The summed E-state index contributed by atoms with van der Waals surface area (Å²) in [4.78, 5) is 31.0. The number of sulfonamides is 1. The number of carbonyl (C=O) groups excluding carboxylic acids is 2. The minimum absolute atomic E-state index is 0.0180. The van der Waals surface area contributed by atoms with Gasteiger partial charge in [0, 0.05) is 24.8 Å². The Kier molecular flexibility index (Phi) is 7.75. The molecule has 5 rings (SSSR count). The summed E-state index contributed by atoms with van der Waals surface area (Å²) in [6, 6.07) is 13.8. The van der Waals surface area contributed by atoms with Gasteiger partial charge in [-0.15, -0.1) is 0 Å². The Hall–Kier alpha value is -2.91. The molecule has 0 atom stereocenters. The number of anilines is 1. The molecule has 2 aliphatic heterocycles. The van der Waals surface area contributed by atoms with Gasteiger partial charge in [-0.3, -0.25) is 9.59 Å². The van der Waals surface area contributed by atoms with Gasteiger partial charge in [0.1, 0.15) is 12.1 Å². The summed E-state index contributed by atoms with van der Waals surface area (Å²) >= 11 is 0. The van der Waals surface area contributed by atoms with E-state index in [2.05, 4.69) is 10.2 Å². The molecule has 2 heterocycles. The van der Waals surface area contributed by atoms with Gasteiger partial charge in [-0.25, -0.2) is 8.42 Å². The number of rotatable bonds is 6. The zero-order valence-electron chi connectivity index (χ0n) is 23.3. The summed E-state index contributed by atoms with van der Waals surface area (Å²) in [5.41, 5.74) is 2.54. The minimum atomic E-state index is -3.71. The predicted octanol–water partition coefficient (Wildman–Crippen LogP) is 3.89. The van der Waals surface area contributed by atoms with Crippen LogP contribution in [0.5, 0.6) is 0 Å². The Balaban J connectivity index is 1.36. The molecule has 9 heteroatoms. The molecular formula is C30H40N4O4S. The van der Waals surface area contributed by atoms with Crippen molar-refractivity contribution in [2.24, 2.45) is 0 Å². The lowest BCUT2D eigenvalue weighted by Gasteiger charge is -2.43. The van der Waals surface area contributed by atoms with E-state index in [0.717, 1.165) is 48.1 Å². The fourth-order valence-corrected chi connectivity index (χ4v) is 8.67. The molecule has 2 aromatic rings. The van der Waals surface area contributed by atoms with Crippen LogP contribution in [0.25, 0.3) is 0 Å². The van der Waals surface area contributed by atoms with Crippen molar-refractivity contribution in [1.82, 2.24) is 14.5 Å². The van der Waals surface area contributed by atoms with Gasteiger partial charge in [-0.1, -0.05) is 55.2 Å². The lowest BCUT2D eigenvalue weighted by atomic mass is 9.86. The summed E-state index contributed by atoms with van der Waals surface area (Å²) in [6.45, 7) is 6.46. The third-order valence-electron chi connectivity index (χ3n) is 8.64. The summed E-state index contributed by atoms with van der Waals surface area (Å²) < 4.78 is 29.0. The summed E-state index contributed by atoms with van der Waals surface area (Å²) in [7, 11) is -3.71. The van der Waals surface area contributed by atoms with E-state index in [1.54, 1.807) is 4.90 Å². The first-order valence-corrected chi connectivity index (χ1v) is 15.6. The number of hydrogen-bond acceptors (Lipinski definition) is 5. The number of amides is 2. The van der Waals surface area contributed by atoms with E-state index in [4.69, 9.17) is 0 Å². The molecule has 8 nitrogen and oxygen atoms in total. The molecule has 0 unspecified atom stereocenters. The van der Waals surface area contributed by atoms with Crippen molar-refractivity contribution in [3.8, 4) is 0 Å². The lowest BCUT2D eigenvalue weighted by molar-refractivity contribution is -0.137. The highest BCUT2D eigenvalue weighted by molar-refractivity contribution is 7.89. The summed E-state index contributed by atoms with van der Waals surface area (Å²) in [5.74, 6) is -0.212. The summed E-state index contributed by atoms with van der Waals surface area (Å²) in [5, 5.41) is 3.13. The molecule has 1 saturated carbocycles. The molecule has 2 amide bonds. The standard InChI is InChI=1S/C30H40N4O4S/c1-22-18-23(2)28(24(3)19-22)39(37,38)33-16-14-30(15-17-33)29(36)32(21-34(30)26-12-8-5-9-13-26)20-27(35)31-25-10-6-4-7-11-25/h5,8-9,12-13,18-19,25H,4,6-7,10-11,14-17,20-21H2,1-3H3,(H,31,35). The van der Waals surface area contributed by atoms with Crippen molar-refractivity contribution in [1.29, 1.82) is 0 Å². The van der Waals surface area contributed by atoms with E-state index in [1.165, 1.54) is 10.7 Å². The Morgan fingerprint density at radius 3 is 2.21 bits per heavy atom. The fourth-order valence-electron chi connectivity index (χ4n) is 6.82. The number of aryl methyl sites for hydroxylation is 3. The second-order valence-corrected chi connectivity index (χ2v) is 13.3. The fraction of sp³-hybridized carbons (Fsp3) is 0.533. The maximum absolute atomic E-state index is 14.0. The number of para-hydroxylation sites is 1. The van der Waals surface area contributed by atoms with Crippen LogP contribution in [0.2, 0.25) is 0 Å². The second-order valence-electron chi connectivity index (χ2n) is 11.5. The van der Waals surface area contributed by atoms with Crippen LogP contribution in [0, 0.1) is 20.8 Å². The first kappa shape index (κ1) is 27.6. The average Bonchev–Trinajstić information content (AvgIpc) is 3.15. The van der Waals surface area contributed by atoms with Gasteiger partial charge in [-0.2, -0.15) is 4.31 Å². The SMILES string of the molecule is Cc1cc(C)c(S(=O)(=O)N2CCC3(CC2)C(=O)N(CC(=O)NC2CCCCC2)CN3c2ccccc2)c(C)c1. The predicted molar refractivity (Wildman–Crippen MR) is 152 cm³/mol. The Morgan fingerprint density at radius 2 is 1.59 bits per heavy atom. The highest BCUT2D eigenvalue weighted by Crippen LogP contribution is 2.41. The van der Waals surface area contributed by atoms with E-state index in [1.807, 2.05) is 63.2 Å². The molecule has 39 heavy (non-hydrogen) atoms. The maximum Gasteiger partial charge on any atom is 0.250 e. The zero-order valence-corrected chi connectivity index (χ0v) is 24.1. The van der Waals surface area contributed by atoms with Gasteiger partial charge in [0.2, 0.25) is 21.8 Å². The topological polar surface area (TPSA) is 90.0 Å². The third kappa shape index (κ3) is 5.31. The van der Waals surface area contributed by atoms with Gasteiger partial charge in [0.15, 0.2) is 0 Å². The molecule has 2 aromatic carbocycles. The highest BCUT2D eigenvalue weighted by Gasteiger charge is 2.55. The quantitative estimate of drug-likeness (QED) is 0.587. The van der Waals surface area contributed by atoms with Crippen molar-refractivity contribution in [2.45, 2.75) is 82.2 Å². The molecule has 2 saturated heterocycles. The normalized spacial score (nSPS) is 20.5. The molecule has 1 aliphatic carbocycles. The molecular weight excluding hydrogens is 512 g/mol. The van der Waals surface area contributed by atoms with Crippen LogP contribution in [0.1, 0.15) is 61.6 Å². The van der Waals surface area contributed by atoms with Crippen LogP contribution in [0.4, 0.5) is 5.69 Å². The van der Waals surface area contributed by atoms with Crippen molar-refractivity contribution < 1.29 is 18.0 Å².